The quantitative estimate of drug-likeness (QED) is 0.477. The Labute approximate surface area is 59.7 Å². The molecule has 1 rings (SSSR count). The molecule has 0 heterocycles. The minimum Gasteiger partial charge on any atom is -0.295 e. The first-order valence-corrected chi connectivity index (χ1v) is 3.60. The second-order valence-corrected chi connectivity index (χ2v) is 2.48. The van der Waals surface area contributed by atoms with Crippen LogP contribution in [0.15, 0.2) is 11.1 Å². The average molecular weight is 145 g/mol. The van der Waals surface area contributed by atoms with E-state index in [0.29, 0.717) is 6.42 Å². The molecule has 1 saturated carbocycles. The van der Waals surface area contributed by atoms with Crippen molar-refractivity contribution in [3.63, 3.8) is 0 Å². The van der Waals surface area contributed by atoms with Gasteiger partial charge in [0, 0.05) is 17.5 Å². The summed E-state index contributed by atoms with van der Waals surface area (Å²) in [5.41, 5.74) is 2.23. The van der Waals surface area contributed by atoms with Crippen LogP contribution in [0.3, 0.4) is 0 Å². The lowest BCUT2D eigenvalue weighted by atomic mass is 9.95. The van der Waals surface area contributed by atoms with E-state index in [2.05, 4.69) is 0 Å². The minimum absolute atomic E-state index is 0.233. The summed E-state index contributed by atoms with van der Waals surface area (Å²) in [6.45, 7) is 0. The number of carbonyl (C=O) groups excluding carboxylic acids is 1. The summed E-state index contributed by atoms with van der Waals surface area (Å²) in [5, 5.41) is 0. The third kappa shape index (κ3) is 1.55. The van der Waals surface area contributed by atoms with Crippen LogP contribution in [0, 0.1) is 0 Å². The van der Waals surface area contributed by atoms with Gasteiger partial charge in [-0.1, -0.05) is 11.6 Å². The molecule has 0 radical (unpaired) electrons. The van der Waals surface area contributed by atoms with Gasteiger partial charge in [-0.05, 0) is 19.3 Å². The maximum Gasteiger partial charge on any atom is 0.159 e. The lowest BCUT2D eigenvalue weighted by Gasteiger charge is -2.09. The van der Waals surface area contributed by atoms with Crippen molar-refractivity contribution in [2.45, 2.75) is 25.7 Å². The van der Waals surface area contributed by atoms with E-state index in [4.69, 9.17) is 11.6 Å². The maximum absolute atomic E-state index is 10.9. The molecule has 0 aromatic rings. The first-order chi connectivity index (χ1) is 4.34. The number of halogens is 1. The number of allylic oxidation sites excluding steroid dienone is 1. The van der Waals surface area contributed by atoms with Crippen molar-refractivity contribution in [1.29, 1.82) is 0 Å². The molecule has 0 aromatic carbocycles. The molecule has 0 aliphatic heterocycles. The van der Waals surface area contributed by atoms with Gasteiger partial charge in [0.25, 0.3) is 0 Å². The highest BCUT2D eigenvalue weighted by Crippen LogP contribution is 2.19. The molecule has 1 aliphatic carbocycles. The molecule has 1 nitrogen and oxygen atoms in total. The van der Waals surface area contributed by atoms with Crippen molar-refractivity contribution in [3.05, 3.63) is 11.1 Å². The van der Waals surface area contributed by atoms with E-state index < -0.39 is 0 Å². The van der Waals surface area contributed by atoms with Crippen LogP contribution in [-0.2, 0) is 4.79 Å². The predicted octanol–water partition coefficient (Wildman–Crippen LogP) is 2.25. The summed E-state index contributed by atoms with van der Waals surface area (Å²) in [7, 11) is 0. The summed E-state index contributed by atoms with van der Waals surface area (Å²) in [6, 6.07) is 0. The van der Waals surface area contributed by atoms with Crippen LogP contribution < -0.4 is 0 Å². The zero-order valence-corrected chi connectivity index (χ0v) is 5.95. The predicted molar refractivity (Wildman–Crippen MR) is 37.4 cm³/mol. The van der Waals surface area contributed by atoms with Crippen LogP contribution in [-0.4, -0.2) is 5.78 Å². The highest BCUT2D eigenvalue weighted by molar-refractivity contribution is 6.27. The Morgan fingerprint density at radius 2 is 2.00 bits per heavy atom. The van der Waals surface area contributed by atoms with Crippen LogP contribution in [0.2, 0.25) is 0 Å². The number of carbonyl (C=O) groups is 1. The van der Waals surface area contributed by atoms with Crippen molar-refractivity contribution in [2.24, 2.45) is 0 Å². The molecule has 0 saturated heterocycles. The summed E-state index contributed by atoms with van der Waals surface area (Å²) in [6.07, 6.45) is 3.72. The molecule has 2 heteroatoms. The average Bonchev–Trinajstić information content (AvgIpc) is 1.89. The molecular formula is C7H9ClO. The van der Waals surface area contributed by atoms with Gasteiger partial charge in [-0.3, -0.25) is 4.79 Å². The van der Waals surface area contributed by atoms with Crippen LogP contribution in [0.4, 0.5) is 0 Å². The van der Waals surface area contributed by atoms with Gasteiger partial charge in [-0.15, -0.1) is 0 Å². The van der Waals surface area contributed by atoms with Crippen molar-refractivity contribution >= 4 is 17.4 Å². The Morgan fingerprint density at radius 3 is 2.44 bits per heavy atom. The molecule has 0 amide bonds. The molecule has 0 unspecified atom stereocenters. The van der Waals surface area contributed by atoms with Gasteiger partial charge in [0.2, 0.25) is 0 Å². The van der Waals surface area contributed by atoms with E-state index in [9.17, 15) is 4.79 Å². The summed E-state index contributed by atoms with van der Waals surface area (Å²) in [5.74, 6) is 0.233. The van der Waals surface area contributed by atoms with Crippen molar-refractivity contribution in [1.82, 2.24) is 0 Å². The third-order valence-electron chi connectivity index (χ3n) is 1.59. The lowest BCUT2D eigenvalue weighted by molar-refractivity contribution is -0.116. The van der Waals surface area contributed by atoms with Gasteiger partial charge in [0.15, 0.2) is 5.78 Å². The van der Waals surface area contributed by atoms with E-state index in [1.54, 1.807) is 0 Å². The number of hydrogen-bond donors (Lipinski definition) is 0. The first kappa shape index (κ1) is 6.81. The van der Waals surface area contributed by atoms with Crippen molar-refractivity contribution < 1.29 is 4.79 Å². The highest BCUT2D eigenvalue weighted by Gasteiger charge is 2.13. The second kappa shape index (κ2) is 3.02. The molecule has 0 aromatic heterocycles. The maximum atomic E-state index is 10.9. The van der Waals surface area contributed by atoms with Crippen LogP contribution >= 0.6 is 11.6 Å². The summed E-state index contributed by atoms with van der Waals surface area (Å²) >= 11 is 5.39. The Balaban J connectivity index is 2.60. The van der Waals surface area contributed by atoms with Gasteiger partial charge >= 0.3 is 0 Å². The van der Waals surface area contributed by atoms with Gasteiger partial charge in [-0.2, -0.15) is 0 Å². The van der Waals surface area contributed by atoms with Crippen LogP contribution in [0.1, 0.15) is 25.7 Å². The number of Topliss-reactive ketones (excluding diaryl/α,β-unsaturated/α-hetero) is 1. The van der Waals surface area contributed by atoms with Gasteiger partial charge < -0.3 is 0 Å². The first-order valence-electron chi connectivity index (χ1n) is 3.17. The van der Waals surface area contributed by atoms with E-state index >= 15 is 0 Å². The monoisotopic (exact) mass is 144 g/mol. The molecule has 0 N–H and O–H groups in total. The lowest BCUT2D eigenvalue weighted by Crippen LogP contribution is -2.07. The Kier molecular flexibility index (Phi) is 2.29. The topological polar surface area (TPSA) is 17.1 Å². The molecule has 50 valence electrons. The molecule has 0 bridgehead atoms. The van der Waals surface area contributed by atoms with E-state index in [-0.39, 0.29) is 5.78 Å². The van der Waals surface area contributed by atoms with Crippen molar-refractivity contribution in [3.8, 4) is 0 Å². The van der Waals surface area contributed by atoms with Crippen molar-refractivity contribution in [2.75, 3.05) is 0 Å². The zero-order valence-electron chi connectivity index (χ0n) is 5.19. The molecular weight excluding hydrogens is 136 g/mol. The summed E-state index contributed by atoms with van der Waals surface area (Å²) in [4.78, 5) is 10.9. The normalized spacial score (nSPS) is 25.0. The fraction of sp³-hybridized carbons (Fsp3) is 0.571. The fourth-order valence-corrected chi connectivity index (χ4v) is 1.25. The number of hydrogen-bond acceptors (Lipinski definition) is 1. The molecule has 0 spiro atoms. The van der Waals surface area contributed by atoms with E-state index in [0.717, 1.165) is 24.8 Å². The largest absolute Gasteiger partial charge is 0.295 e. The zero-order chi connectivity index (χ0) is 6.69. The molecule has 1 aliphatic rings. The summed E-state index contributed by atoms with van der Waals surface area (Å²) < 4.78 is 0. The number of ketones is 1. The number of rotatable bonds is 0. The van der Waals surface area contributed by atoms with Gasteiger partial charge in [0.05, 0.1) is 0 Å². The van der Waals surface area contributed by atoms with E-state index in [1.807, 2.05) is 0 Å². The van der Waals surface area contributed by atoms with E-state index in [1.165, 1.54) is 5.54 Å². The van der Waals surface area contributed by atoms with Gasteiger partial charge in [-0.25, -0.2) is 0 Å². The van der Waals surface area contributed by atoms with Gasteiger partial charge in [0.1, 0.15) is 0 Å². The minimum atomic E-state index is 0.233. The third-order valence-corrected chi connectivity index (χ3v) is 1.85. The van der Waals surface area contributed by atoms with Crippen LogP contribution in [0.25, 0.3) is 0 Å². The Bertz CT molecular complexity index is 149. The second-order valence-electron chi connectivity index (χ2n) is 2.26. The molecule has 9 heavy (non-hydrogen) atoms. The van der Waals surface area contributed by atoms with Crippen LogP contribution in [0.5, 0.6) is 0 Å². The molecule has 0 atom stereocenters. The Hall–Kier alpha value is -0.300. The molecule has 1 fully saturated rings. The fourth-order valence-electron chi connectivity index (χ4n) is 1.02. The highest BCUT2D eigenvalue weighted by atomic mass is 35.5. The smallest absolute Gasteiger partial charge is 0.159 e. The Morgan fingerprint density at radius 1 is 1.33 bits per heavy atom. The standard InChI is InChI=1S/C7H9ClO/c8-5-6-3-1-2-4-7(6)9/h5H,1-4H2. The SMILES string of the molecule is O=C1CCCCC1=CCl.